The number of anilines is 1. The number of benzene rings is 2. The Balaban J connectivity index is 1.78. The second kappa shape index (κ2) is 9.32. The fourth-order valence-corrected chi connectivity index (χ4v) is 2.39. The van der Waals surface area contributed by atoms with E-state index in [1.165, 1.54) is 0 Å². The van der Waals surface area contributed by atoms with Gasteiger partial charge in [0.15, 0.2) is 6.61 Å². The first-order valence-electron chi connectivity index (χ1n) is 7.98. The molecular weight excluding hydrogens is 320 g/mol. The van der Waals surface area contributed by atoms with Crippen LogP contribution in [-0.4, -0.2) is 39.2 Å². The van der Waals surface area contributed by atoms with Crippen molar-refractivity contribution < 1.29 is 19.1 Å². The van der Waals surface area contributed by atoms with Crippen molar-refractivity contribution in [3.05, 3.63) is 59.7 Å². The molecule has 6 nitrogen and oxygen atoms in total. The van der Waals surface area contributed by atoms with Gasteiger partial charge in [-0.05, 0) is 30.2 Å². The van der Waals surface area contributed by atoms with E-state index in [2.05, 4.69) is 10.6 Å². The van der Waals surface area contributed by atoms with E-state index in [-0.39, 0.29) is 12.5 Å². The molecule has 0 aliphatic rings. The molecule has 0 aromatic heterocycles. The Kier molecular flexibility index (Phi) is 6.83. The number of esters is 1. The number of nitrogens with one attached hydrogen (secondary N) is 2. The van der Waals surface area contributed by atoms with Crippen LogP contribution in [-0.2, 0) is 16.0 Å². The fourth-order valence-electron chi connectivity index (χ4n) is 2.39. The van der Waals surface area contributed by atoms with Crippen LogP contribution in [0.4, 0.5) is 5.69 Å². The van der Waals surface area contributed by atoms with Gasteiger partial charge in [0.2, 0.25) is 0 Å². The summed E-state index contributed by atoms with van der Waals surface area (Å²) in [5.41, 5.74) is 2.06. The highest BCUT2D eigenvalue weighted by atomic mass is 16.5. The van der Waals surface area contributed by atoms with Gasteiger partial charge < -0.3 is 20.1 Å². The number of methoxy groups -OCH3 is 1. The molecule has 0 radical (unpaired) electrons. The van der Waals surface area contributed by atoms with E-state index in [0.717, 1.165) is 11.3 Å². The molecule has 0 saturated heterocycles. The predicted molar refractivity (Wildman–Crippen MR) is 96.0 cm³/mol. The summed E-state index contributed by atoms with van der Waals surface area (Å²) >= 11 is 0. The highest BCUT2D eigenvalue weighted by Gasteiger charge is 2.13. The van der Waals surface area contributed by atoms with Crippen molar-refractivity contribution in [3.8, 4) is 5.75 Å². The van der Waals surface area contributed by atoms with E-state index in [4.69, 9.17) is 9.47 Å². The summed E-state index contributed by atoms with van der Waals surface area (Å²) in [5.74, 6) is -0.0955. The minimum absolute atomic E-state index is 0.317. The zero-order valence-corrected chi connectivity index (χ0v) is 14.4. The van der Waals surface area contributed by atoms with Gasteiger partial charge in [0.05, 0.1) is 12.7 Å². The highest BCUT2D eigenvalue weighted by Crippen LogP contribution is 2.17. The molecule has 0 spiro atoms. The van der Waals surface area contributed by atoms with Crippen LogP contribution in [0.25, 0.3) is 0 Å². The summed E-state index contributed by atoms with van der Waals surface area (Å²) in [7, 11) is 3.33. The highest BCUT2D eigenvalue weighted by molar-refractivity contribution is 5.96. The number of hydrogen-bond acceptors (Lipinski definition) is 5. The van der Waals surface area contributed by atoms with Crippen molar-refractivity contribution in [2.45, 2.75) is 6.42 Å². The molecule has 0 saturated carbocycles. The van der Waals surface area contributed by atoms with Gasteiger partial charge in [0.1, 0.15) is 5.75 Å². The summed E-state index contributed by atoms with van der Waals surface area (Å²) in [4.78, 5) is 23.9. The van der Waals surface area contributed by atoms with Gasteiger partial charge in [-0.1, -0.05) is 30.3 Å². The topological polar surface area (TPSA) is 76.7 Å². The molecule has 0 unspecified atom stereocenters. The van der Waals surface area contributed by atoms with E-state index >= 15 is 0 Å². The lowest BCUT2D eigenvalue weighted by Gasteiger charge is -2.10. The number of ether oxygens (including phenoxy) is 2. The number of para-hydroxylation sites is 2. The lowest BCUT2D eigenvalue weighted by atomic mass is 10.1. The minimum Gasteiger partial charge on any atom is -0.496 e. The number of amides is 1. The van der Waals surface area contributed by atoms with E-state index in [0.29, 0.717) is 24.2 Å². The molecule has 0 fully saturated rings. The van der Waals surface area contributed by atoms with Crippen LogP contribution in [0.3, 0.4) is 0 Å². The lowest BCUT2D eigenvalue weighted by Crippen LogP contribution is -2.30. The summed E-state index contributed by atoms with van der Waals surface area (Å²) in [6, 6.07) is 14.6. The van der Waals surface area contributed by atoms with Gasteiger partial charge >= 0.3 is 5.97 Å². The number of hydrogen-bond donors (Lipinski definition) is 2. The third-order valence-electron chi connectivity index (χ3n) is 3.66. The van der Waals surface area contributed by atoms with Gasteiger partial charge in [-0.25, -0.2) is 4.79 Å². The van der Waals surface area contributed by atoms with Crippen molar-refractivity contribution in [2.75, 3.05) is 32.6 Å². The van der Waals surface area contributed by atoms with Crippen molar-refractivity contribution in [1.82, 2.24) is 5.32 Å². The maximum absolute atomic E-state index is 12.0. The molecule has 0 heterocycles. The smallest absolute Gasteiger partial charge is 0.340 e. The van der Waals surface area contributed by atoms with Crippen molar-refractivity contribution >= 4 is 17.6 Å². The Morgan fingerprint density at radius 3 is 2.52 bits per heavy atom. The second-order valence-corrected chi connectivity index (χ2v) is 5.28. The maximum atomic E-state index is 12.0. The Morgan fingerprint density at radius 2 is 1.76 bits per heavy atom. The number of rotatable bonds is 8. The molecule has 25 heavy (non-hydrogen) atoms. The number of carbonyl (C=O) groups is 2. The van der Waals surface area contributed by atoms with Gasteiger partial charge in [-0.15, -0.1) is 0 Å². The van der Waals surface area contributed by atoms with Crippen molar-refractivity contribution in [3.63, 3.8) is 0 Å². The van der Waals surface area contributed by atoms with Crippen LogP contribution in [0.5, 0.6) is 5.75 Å². The monoisotopic (exact) mass is 342 g/mol. The average Bonchev–Trinajstić information content (AvgIpc) is 2.66. The largest absolute Gasteiger partial charge is 0.496 e. The van der Waals surface area contributed by atoms with E-state index in [1.54, 1.807) is 32.4 Å². The molecule has 2 aromatic carbocycles. The first-order valence-corrected chi connectivity index (χ1v) is 7.98. The summed E-state index contributed by atoms with van der Waals surface area (Å²) in [6.07, 6.45) is 0.631. The molecule has 0 aliphatic carbocycles. The molecule has 6 heteroatoms. The van der Waals surface area contributed by atoms with E-state index in [9.17, 15) is 9.59 Å². The molecule has 2 N–H and O–H groups in total. The van der Waals surface area contributed by atoms with E-state index in [1.807, 2.05) is 30.3 Å². The van der Waals surface area contributed by atoms with Gasteiger partial charge in [-0.3, -0.25) is 4.79 Å². The second-order valence-electron chi connectivity index (χ2n) is 5.28. The maximum Gasteiger partial charge on any atom is 0.340 e. The normalized spacial score (nSPS) is 10.0. The van der Waals surface area contributed by atoms with Crippen LogP contribution in [0, 0.1) is 0 Å². The zero-order chi connectivity index (χ0) is 18.1. The quantitative estimate of drug-likeness (QED) is 0.720. The Bertz CT molecular complexity index is 731. The van der Waals surface area contributed by atoms with Crippen LogP contribution in [0.15, 0.2) is 48.5 Å². The van der Waals surface area contributed by atoms with Gasteiger partial charge in [0.25, 0.3) is 5.91 Å². The summed E-state index contributed by atoms with van der Waals surface area (Å²) < 4.78 is 10.3. The predicted octanol–water partition coefficient (Wildman–Crippen LogP) is 2.25. The SMILES string of the molecule is CNc1ccccc1C(=O)OCC(=O)NCCc1ccccc1OC. The molecule has 0 atom stereocenters. The number of carbonyl (C=O) groups excluding carboxylic acids is 2. The van der Waals surface area contributed by atoms with E-state index < -0.39 is 5.97 Å². The standard InChI is InChI=1S/C19H22N2O4/c1-20-16-9-5-4-8-15(16)19(23)25-13-18(22)21-12-11-14-7-3-6-10-17(14)24-2/h3-10,20H,11-13H2,1-2H3,(H,21,22). The summed E-state index contributed by atoms with van der Waals surface area (Å²) in [6.45, 7) is 0.118. The summed E-state index contributed by atoms with van der Waals surface area (Å²) in [5, 5.41) is 5.64. The molecule has 2 rings (SSSR count). The Labute approximate surface area is 147 Å². The van der Waals surface area contributed by atoms with Crippen molar-refractivity contribution in [1.29, 1.82) is 0 Å². The average molecular weight is 342 g/mol. The Morgan fingerprint density at radius 1 is 1.04 bits per heavy atom. The molecule has 0 aliphatic heterocycles. The van der Waals surface area contributed by atoms with Gasteiger partial charge in [-0.2, -0.15) is 0 Å². The minimum atomic E-state index is -0.537. The first kappa shape index (κ1) is 18.3. The molecule has 132 valence electrons. The molecule has 2 aromatic rings. The molecule has 1 amide bonds. The van der Waals surface area contributed by atoms with Crippen LogP contribution < -0.4 is 15.4 Å². The van der Waals surface area contributed by atoms with Gasteiger partial charge in [0, 0.05) is 19.3 Å². The third-order valence-corrected chi connectivity index (χ3v) is 3.66. The molecular formula is C19H22N2O4. The first-order chi connectivity index (χ1) is 12.2. The molecule has 0 bridgehead atoms. The van der Waals surface area contributed by atoms with Crippen LogP contribution in [0.2, 0.25) is 0 Å². The van der Waals surface area contributed by atoms with Crippen LogP contribution >= 0.6 is 0 Å². The lowest BCUT2D eigenvalue weighted by molar-refractivity contribution is -0.124. The van der Waals surface area contributed by atoms with Crippen molar-refractivity contribution in [2.24, 2.45) is 0 Å². The third kappa shape index (κ3) is 5.24. The fraction of sp³-hybridized carbons (Fsp3) is 0.263. The zero-order valence-electron chi connectivity index (χ0n) is 14.4. The Hall–Kier alpha value is -3.02. The van der Waals surface area contributed by atoms with Crippen LogP contribution in [0.1, 0.15) is 15.9 Å².